The molecule has 152 valence electrons. The second kappa shape index (κ2) is 8.46. The quantitative estimate of drug-likeness (QED) is 0.381. The lowest BCUT2D eigenvalue weighted by Crippen LogP contribution is -2.19. The lowest BCUT2D eigenvalue weighted by atomic mass is 9.84. The van der Waals surface area contributed by atoms with Crippen molar-refractivity contribution in [1.82, 2.24) is 15.3 Å². The van der Waals surface area contributed by atoms with Gasteiger partial charge >= 0.3 is 0 Å². The fraction of sp³-hybridized carbons (Fsp3) is 0.0800. The number of nitrogens with zero attached hydrogens (tertiary/aromatic N) is 2. The van der Waals surface area contributed by atoms with Crippen LogP contribution in [-0.4, -0.2) is 15.8 Å². The maximum Gasteiger partial charge on any atom is 0.191 e. The van der Waals surface area contributed by atoms with Crippen molar-refractivity contribution in [3.8, 4) is 11.3 Å². The first-order chi connectivity index (χ1) is 15.2. The second-order valence-electron chi connectivity index (χ2n) is 7.28. The smallest absolute Gasteiger partial charge is 0.191 e. The second-order valence-corrected chi connectivity index (χ2v) is 8.61. The van der Waals surface area contributed by atoms with Crippen molar-refractivity contribution in [3.05, 3.63) is 117 Å². The van der Waals surface area contributed by atoms with E-state index in [-0.39, 0.29) is 17.7 Å². The molecule has 0 radical (unpaired) electrons. The topological polar surface area (TPSA) is 54.9 Å². The van der Waals surface area contributed by atoms with Crippen LogP contribution in [0.2, 0.25) is 5.02 Å². The summed E-state index contributed by atoms with van der Waals surface area (Å²) in [5.74, 6) is -0.151. The predicted molar refractivity (Wildman–Crippen MR) is 124 cm³/mol. The van der Waals surface area contributed by atoms with E-state index in [0.29, 0.717) is 10.6 Å². The van der Waals surface area contributed by atoms with Gasteiger partial charge in [-0.1, -0.05) is 41.9 Å². The highest BCUT2D eigenvalue weighted by molar-refractivity contribution is 7.10. The Balaban J connectivity index is 1.51. The number of nitrogens with one attached hydrogen (secondary N) is 1. The first-order valence-corrected chi connectivity index (χ1v) is 11.1. The van der Waals surface area contributed by atoms with E-state index >= 15 is 0 Å². The number of carbonyl (C=O) groups is 1. The zero-order valence-corrected chi connectivity index (χ0v) is 18.0. The monoisotopic (exact) mass is 443 g/mol. The zero-order valence-electron chi connectivity index (χ0n) is 16.4. The summed E-state index contributed by atoms with van der Waals surface area (Å²) >= 11 is 7.60. The Kier molecular flexibility index (Phi) is 5.37. The molecule has 2 aromatic carbocycles. The molecule has 0 saturated carbocycles. The number of aromatic nitrogens is 2. The average Bonchev–Trinajstić information content (AvgIpc) is 3.48. The highest BCUT2D eigenvalue weighted by Crippen LogP contribution is 2.43. The van der Waals surface area contributed by atoms with Gasteiger partial charge in [0.2, 0.25) is 0 Å². The molecular weight excluding hydrogens is 426 g/mol. The average molecular weight is 444 g/mol. The van der Waals surface area contributed by atoms with Crippen molar-refractivity contribution in [2.45, 2.75) is 12.0 Å². The summed E-state index contributed by atoms with van der Waals surface area (Å²) in [4.78, 5) is 22.4. The molecule has 5 rings (SSSR count). The number of hydrogen-bond donors (Lipinski definition) is 1. The molecule has 0 spiro atoms. The van der Waals surface area contributed by atoms with Crippen molar-refractivity contribution < 1.29 is 4.79 Å². The van der Waals surface area contributed by atoms with Crippen LogP contribution in [0, 0.1) is 0 Å². The summed E-state index contributed by atoms with van der Waals surface area (Å²) in [6.45, 7) is 0. The van der Waals surface area contributed by atoms with Crippen molar-refractivity contribution in [1.29, 1.82) is 0 Å². The fourth-order valence-corrected chi connectivity index (χ4v) is 4.89. The maximum absolute atomic E-state index is 13.4. The van der Waals surface area contributed by atoms with E-state index in [1.807, 2.05) is 48.1 Å². The third kappa shape index (κ3) is 3.90. The van der Waals surface area contributed by atoms with Gasteiger partial charge in [0.1, 0.15) is 5.01 Å². The zero-order chi connectivity index (χ0) is 21.2. The fourth-order valence-electron chi connectivity index (χ4n) is 3.84. The Morgan fingerprint density at radius 3 is 2.55 bits per heavy atom. The third-order valence-electron chi connectivity index (χ3n) is 5.36. The van der Waals surface area contributed by atoms with Crippen LogP contribution >= 0.6 is 22.9 Å². The molecule has 0 bridgehead atoms. The maximum atomic E-state index is 13.4. The summed E-state index contributed by atoms with van der Waals surface area (Å²) in [5.41, 5.74) is 4.28. The van der Waals surface area contributed by atoms with E-state index in [4.69, 9.17) is 16.6 Å². The van der Waals surface area contributed by atoms with Gasteiger partial charge < -0.3 is 5.32 Å². The van der Waals surface area contributed by atoms with E-state index in [2.05, 4.69) is 22.4 Å². The van der Waals surface area contributed by atoms with Gasteiger partial charge in [-0.25, -0.2) is 4.98 Å². The van der Waals surface area contributed by atoms with Crippen molar-refractivity contribution in [2.24, 2.45) is 0 Å². The molecule has 1 aliphatic heterocycles. The van der Waals surface area contributed by atoms with Gasteiger partial charge in [-0.15, -0.1) is 11.3 Å². The Morgan fingerprint density at radius 2 is 1.81 bits per heavy atom. The minimum Gasteiger partial charge on any atom is -0.381 e. The number of hydrogen-bond acceptors (Lipinski definition) is 5. The molecule has 4 aromatic rings. The van der Waals surface area contributed by atoms with Gasteiger partial charge in [0.15, 0.2) is 5.78 Å². The molecule has 6 heteroatoms. The van der Waals surface area contributed by atoms with Gasteiger partial charge in [-0.2, -0.15) is 0 Å². The van der Waals surface area contributed by atoms with Gasteiger partial charge in [0.05, 0.1) is 11.7 Å². The van der Waals surface area contributed by atoms with E-state index in [0.717, 1.165) is 27.4 Å². The van der Waals surface area contributed by atoms with Gasteiger partial charge in [0.25, 0.3) is 0 Å². The van der Waals surface area contributed by atoms with Gasteiger partial charge in [0, 0.05) is 51.6 Å². The molecule has 0 saturated heterocycles. The first kappa shape index (κ1) is 19.7. The molecule has 4 nitrogen and oxygen atoms in total. The van der Waals surface area contributed by atoms with Crippen molar-refractivity contribution >= 4 is 28.7 Å². The Labute approximate surface area is 189 Å². The summed E-state index contributed by atoms with van der Waals surface area (Å²) < 4.78 is 0. The molecule has 1 aliphatic rings. The van der Waals surface area contributed by atoms with E-state index in [1.165, 1.54) is 0 Å². The SMILES string of the molecule is O=C(C1=CNC(c2nc(-c3cccnc3)cs2)C1c1ccccc1)c1ccc(Cl)cc1. The Bertz CT molecular complexity index is 1240. The summed E-state index contributed by atoms with van der Waals surface area (Å²) in [5, 5.41) is 7.00. The molecule has 3 heterocycles. The van der Waals surface area contributed by atoms with Crippen LogP contribution in [0.25, 0.3) is 11.3 Å². The summed E-state index contributed by atoms with van der Waals surface area (Å²) in [6.07, 6.45) is 5.40. The standard InChI is InChI=1S/C25H18ClN3OS/c26-19-10-8-17(9-11-19)24(30)20-14-28-23(22(20)16-5-2-1-3-6-16)25-29-21(15-31-25)18-7-4-12-27-13-18/h1-15,22-23,28H. The number of rotatable bonds is 5. The molecule has 0 aliphatic carbocycles. The molecule has 1 N–H and O–H groups in total. The van der Waals surface area contributed by atoms with Crippen LogP contribution in [0.5, 0.6) is 0 Å². The van der Waals surface area contributed by atoms with Crippen LogP contribution in [-0.2, 0) is 0 Å². The molecule has 2 aromatic heterocycles. The number of thiazole rings is 1. The first-order valence-electron chi connectivity index (χ1n) is 9.88. The van der Waals surface area contributed by atoms with Gasteiger partial charge in [-0.3, -0.25) is 9.78 Å². The molecule has 0 fully saturated rings. The van der Waals surface area contributed by atoms with Crippen molar-refractivity contribution in [3.63, 3.8) is 0 Å². The van der Waals surface area contributed by atoms with E-state index in [1.54, 1.807) is 41.8 Å². The van der Waals surface area contributed by atoms with Crippen LogP contribution in [0.3, 0.4) is 0 Å². The number of pyridine rings is 1. The highest BCUT2D eigenvalue weighted by atomic mass is 35.5. The van der Waals surface area contributed by atoms with Crippen LogP contribution < -0.4 is 5.32 Å². The summed E-state index contributed by atoms with van der Waals surface area (Å²) in [6, 6.07) is 20.9. The molecule has 31 heavy (non-hydrogen) atoms. The number of ketones is 1. The summed E-state index contributed by atoms with van der Waals surface area (Å²) in [7, 11) is 0. The van der Waals surface area contributed by atoms with Crippen LogP contribution in [0.1, 0.15) is 32.9 Å². The third-order valence-corrected chi connectivity index (χ3v) is 6.54. The number of benzene rings is 2. The van der Waals surface area contributed by atoms with E-state index < -0.39 is 0 Å². The molecule has 2 atom stereocenters. The largest absolute Gasteiger partial charge is 0.381 e. The lowest BCUT2D eigenvalue weighted by Gasteiger charge is -2.21. The Hall–Kier alpha value is -3.28. The number of carbonyl (C=O) groups excluding carboxylic acids is 1. The molecular formula is C25H18ClN3OS. The van der Waals surface area contributed by atoms with E-state index in [9.17, 15) is 4.79 Å². The minimum absolute atomic E-state index is 0.00967. The highest BCUT2D eigenvalue weighted by Gasteiger charge is 2.37. The normalized spacial score (nSPS) is 17.8. The predicted octanol–water partition coefficient (Wildman–Crippen LogP) is 6.05. The number of halogens is 1. The van der Waals surface area contributed by atoms with Crippen LogP contribution in [0.4, 0.5) is 0 Å². The Morgan fingerprint density at radius 1 is 1.00 bits per heavy atom. The van der Waals surface area contributed by atoms with Crippen LogP contribution in [0.15, 0.2) is 96.3 Å². The van der Waals surface area contributed by atoms with Gasteiger partial charge in [-0.05, 0) is 42.0 Å². The number of Topliss-reactive ketones (excluding diaryl/α,β-unsaturated/α-hetero) is 1. The van der Waals surface area contributed by atoms with Crippen molar-refractivity contribution in [2.75, 3.05) is 0 Å². The molecule has 0 amide bonds. The molecule has 2 unspecified atom stereocenters. The minimum atomic E-state index is -0.141. The lowest BCUT2D eigenvalue weighted by molar-refractivity contribution is 0.102.